The summed E-state index contributed by atoms with van der Waals surface area (Å²) in [6, 6.07) is 0.460. The van der Waals surface area contributed by atoms with E-state index in [-0.39, 0.29) is 5.84 Å². The van der Waals surface area contributed by atoms with Crippen LogP contribution < -0.4 is 10.6 Å². The van der Waals surface area contributed by atoms with Crippen molar-refractivity contribution in [2.75, 3.05) is 11.9 Å². The fourth-order valence-electron chi connectivity index (χ4n) is 3.19. The highest BCUT2D eigenvalue weighted by atomic mass is 16.4. The van der Waals surface area contributed by atoms with Crippen molar-refractivity contribution in [3.05, 3.63) is 16.8 Å². The number of nitrogens with zero attached hydrogens (tertiary/aromatic N) is 4. The van der Waals surface area contributed by atoms with Crippen molar-refractivity contribution in [3.8, 4) is 0 Å². The van der Waals surface area contributed by atoms with E-state index in [2.05, 4.69) is 27.2 Å². The van der Waals surface area contributed by atoms with Crippen molar-refractivity contribution in [1.29, 1.82) is 0 Å². The molecular formula is C15H25N5O. The number of oxime groups is 1. The second-order valence-corrected chi connectivity index (χ2v) is 5.57. The van der Waals surface area contributed by atoms with Gasteiger partial charge in [-0.15, -0.1) is 5.10 Å². The first kappa shape index (κ1) is 15.5. The Morgan fingerprint density at radius 3 is 2.48 bits per heavy atom. The maximum absolute atomic E-state index is 9.14. The lowest BCUT2D eigenvalue weighted by atomic mass is 10.0. The SMILES string of the molecule is CCc1nnc(N(C)C2CCCC2)c(C(N)=NO)c1CC. The molecule has 0 bridgehead atoms. The fraction of sp³-hybridized carbons (Fsp3) is 0.667. The summed E-state index contributed by atoms with van der Waals surface area (Å²) in [5.41, 5.74) is 8.62. The second kappa shape index (κ2) is 6.74. The molecule has 1 aromatic heterocycles. The van der Waals surface area contributed by atoms with Gasteiger partial charge in [-0.2, -0.15) is 5.10 Å². The highest BCUT2D eigenvalue weighted by Crippen LogP contribution is 2.30. The number of rotatable bonds is 5. The molecule has 6 nitrogen and oxygen atoms in total. The predicted molar refractivity (Wildman–Crippen MR) is 84.0 cm³/mol. The van der Waals surface area contributed by atoms with E-state index in [1.54, 1.807) is 0 Å². The van der Waals surface area contributed by atoms with Gasteiger partial charge in [0.25, 0.3) is 0 Å². The lowest BCUT2D eigenvalue weighted by Gasteiger charge is -2.28. The minimum atomic E-state index is 0.122. The van der Waals surface area contributed by atoms with Gasteiger partial charge in [0, 0.05) is 13.1 Å². The first-order valence-electron chi connectivity index (χ1n) is 7.73. The zero-order valence-electron chi connectivity index (χ0n) is 13.1. The Labute approximate surface area is 126 Å². The number of amidine groups is 1. The van der Waals surface area contributed by atoms with Crippen molar-refractivity contribution in [3.63, 3.8) is 0 Å². The van der Waals surface area contributed by atoms with Crippen LogP contribution in [0.2, 0.25) is 0 Å². The van der Waals surface area contributed by atoms with Gasteiger partial charge in [-0.1, -0.05) is 31.8 Å². The Morgan fingerprint density at radius 1 is 1.29 bits per heavy atom. The topological polar surface area (TPSA) is 87.6 Å². The van der Waals surface area contributed by atoms with Crippen LogP contribution in [0.15, 0.2) is 5.16 Å². The number of nitrogens with two attached hydrogens (primary N) is 1. The third-order valence-corrected chi connectivity index (χ3v) is 4.40. The van der Waals surface area contributed by atoms with E-state index in [4.69, 9.17) is 10.9 Å². The van der Waals surface area contributed by atoms with Crippen LogP contribution >= 0.6 is 0 Å². The molecule has 0 atom stereocenters. The lowest BCUT2D eigenvalue weighted by molar-refractivity contribution is 0.318. The van der Waals surface area contributed by atoms with E-state index in [1.807, 2.05) is 14.0 Å². The van der Waals surface area contributed by atoms with Crippen LogP contribution in [-0.4, -0.2) is 34.3 Å². The summed E-state index contributed by atoms with van der Waals surface area (Å²) in [7, 11) is 2.03. The van der Waals surface area contributed by atoms with Crippen molar-refractivity contribution in [2.45, 2.75) is 58.4 Å². The summed E-state index contributed by atoms with van der Waals surface area (Å²) in [5, 5.41) is 21.1. The normalized spacial score (nSPS) is 16.4. The van der Waals surface area contributed by atoms with E-state index in [0.717, 1.165) is 48.3 Å². The Hall–Kier alpha value is -1.85. The number of aryl methyl sites for hydroxylation is 1. The minimum Gasteiger partial charge on any atom is -0.409 e. The third kappa shape index (κ3) is 2.94. The molecule has 0 unspecified atom stereocenters. The van der Waals surface area contributed by atoms with Gasteiger partial charge in [0.2, 0.25) is 0 Å². The summed E-state index contributed by atoms with van der Waals surface area (Å²) in [5.74, 6) is 0.850. The lowest BCUT2D eigenvalue weighted by Crippen LogP contribution is -2.33. The van der Waals surface area contributed by atoms with Gasteiger partial charge >= 0.3 is 0 Å². The van der Waals surface area contributed by atoms with Crippen LogP contribution in [0.25, 0.3) is 0 Å². The highest BCUT2D eigenvalue weighted by molar-refractivity contribution is 6.03. The largest absolute Gasteiger partial charge is 0.409 e. The van der Waals surface area contributed by atoms with Gasteiger partial charge in [-0.05, 0) is 31.2 Å². The monoisotopic (exact) mass is 291 g/mol. The van der Waals surface area contributed by atoms with Crippen LogP contribution in [0.1, 0.15) is 56.4 Å². The molecule has 1 aliphatic rings. The molecule has 1 heterocycles. The molecule has 2 rings (SSSR count). The Morgan fingerprint density at radius 2 is 1.95 bits per heavy atom. The van der Waals surface area contributed by atoms with Gasteiger partial charge in [0.05, 0.1) is 11.3 Å². The molecule has 0 spiro atoms. The molecule has 1 aromatic rings. The first-order chi connectivity index (χ1) is 10.1. The number of hydrogen-bond acceptors (Lipinski definition) is 5. The zero-order chi connectivity index (χ0) is 15.4. The average Bonchev–Trinajstić information content (AvgIpc) is 3.06. The quantitative estimate of drug-likeness (QED) is 0.375. The molecule has 0 radical (unpaired) electrons. The molecule has 6 heteroatoms. The summed E-state index contributed by atoms with van der Waals surface area (Å²) >= 11 is 0. The molecular weight excluding hydrogens is 266 g/mol. The Bertz CT molecular complexity index is 523. The highest BCUT2D eigenvalue weighted by Gasteiger charge is 2.26. The minimum absolute atomic E-state index is 0.122. The van der Waals surface area contributed by atoms with Gasteiger partial charge in [0.15, 0.2) is 11.7 Å². The van der Waals surface area contributed by atoms with Crippen molar-refractivity contribution in [1.82, 2.24) is 10.2 Å². The Balaban J connectivity index is 2.53. The van der Waals surface area contributed by atoms with E-state index in [0.29, 0.717) is 6.04 Å². The molecule has 0 aliphatic heterocycles. The number of anilines is 1. The fourth-order valence-corrected chi connectivity index (χ4v) is 3.19. The molecule has 1 saturated carbocycles. The predicted octanol–water partition coefficient (Wildman–Crippen LogP) is 2.07. The number of aromatic nitrogens is 2. The summed E-state index contributed by atoms with van der Waals surface area (Å²) < 4.78 is 0. The van der Waals surface area contributed by atoms with Crippen LogP contribution in [0.5, 0.6) is 0 Å². The molecule has 0 amide bonds. The van der Waals surface area contributed by atoms with E-state index in [9.17, 15) is 0 Å². The van der Waals surface area contributed by atoms with Gasteiger partial charge in [-0.3, -0.25) is 0 Å². The van der Waals surface area contributed by atoms with Gasteiger partial charge in [-0.25, -0.2) is 0 Å². The summed E-state index contributed by atoms with van der Waals surface area (Å²) in [6.07, 6.45) is 6.38. The van der Waals surface area contributed by atoms with Crippen LogP contribution in [0.3, 0.4) is 0 Å². The van der Waals surface area contributed by atoms with Crippen LogP contribution in [0, 0.1) is 0 Å². The third-order valence-electron chi connectivity index (χ3n) is 4.40. The molecule has 1 aliphatic carbocycles. The second-order valence-electron chi connectivity index (χ2n) is 5.57. The maximum Gasteiger partial charge on any atom is 0.174 e. The van der Waals surface area contributed by atoms with Gasteiger partial charge in [0.1, 0.15) is 0 Å². The average molecular weight is 291 g/mol. The maximum atomic E-state index is 9.14. The first-order valence-corrected chi connectivity index (χ1v) is 7.73. The standard InChI is InChI=1S/C15H25N5O/c1-4-11-12(5-2)17-18-15(13(11)14(16)19-21)20(3)10-8-6-7-9-10/h10,21H,4-9H2,1-3H3,(H2,16,19). The molecule has 0 saturated heterocycles. The molecule has 0 aromatic carbocycles. The molecule has 116 valence electrons. The van der Waals surface area contributed by atoms with Crippen LogP contribution in [0.4, 0.5) is 5.82 Å². The molecule has 1 fully saturated rings. The number of hydrogen-bond donors (Lipinski definition) is 2. The molecule has 3 N–H and O–H groups in total. The summed E-state index contributed by atoms with van der Waals surface area (Å²) in [4.78, 5) is 2.14. The van der Waals surface area contributed by atoms with E-state index in [1.165, 1.54) is 12.8 Å². The van der Waals surface area contributed by atoms with Crippen molar-refractivity contribution in [2.24, 2.45) is 10.9 Å². The van der Waals surface area contributed by atoms with Crippen molar-refractivity contribution < 1.29 is 5.21 Å². The smallest absolute Gasteiger partial charge is 0.174 e. The van der Waals surface area contributed by atoms with Crippen LogP contribution in [-0.2, 0) is 12.8 Å². The van der Waals surface area contributed by atoms with Crippen molar-refractivity contribution >= 4 is 11.7 Å². The molecule has 21 heavy (non-hydrogen) atoms. The van der Waals surface area contributed by atoms with E-state index >= 15 is 0 Å². The summed E-state index contributed by atoms with van der Waals surface area (Å²) in [6.45, 7) is 4.10. The Kier molecular flexibility index (Phi) is 4.98. The zero-order valence-corrected chi connectivity index (χ0v) is 13.1. The van der Waals surface area contributed by atoms with Gasteiger partial charge < -0.3 is 15.8 Å². The van der Waals surface area contributed by atoms with E-state index < -0.39 is 0 Å².